The number of rotatable bonds is 2. The van der Waals surface area contributed by atoms with E-state index >= 15 is 0 Å². The van der Waals surface area contributed by atoms with Crippen molar-refractivity contribution >= 4 is 21.8 Å². The van der Waals surface area contributed by atoms with E-state index in [-0.39, 0.29) is 0 Å². The van der Waals surface area contributed by atoms with Crippen LogP contribution in [0.3, 0.4) is 0 Å². The molecule has 0 bridgehead atoms. The zero-order valence-electron chi connectivity index (χ0n) is 10.2. The molecule has 2 nitrogen and oxygen atoms in total. The third kappa shape index (κ3) is 3.84. The van der Waals surface area contributed by atoms with Gasteiger partial charge in [0.2, 0.25) is 0 Å². The van der Waals surface area contributed by atoms with Crippen molar-refractivity contribution in [3.05, 3.63) is 34.3 Å². The summed E-state index contributed by atoms with van der Waals surface area (Å²) >= 11 is 3.46. The number of nitrogens with zero attached hydrogens (tertiary/aromatic N) is 1. The highest BCUT2D eigenvalue weighted by molar-refractivity contribution is 9.10. The SMILES string of the molecule is C[C@H](NC1=NCCCCC1)c1ccc(Br)cc1. The van der Waals surface area contributed by atoms with Gasteiger partial charge in [0.15, 0.2) is 0 Å². The average Bonchev–Trinajstić information content (AvgIpc) is 2.58. The van der Waals surface area contributed by atoms with E-state index < -0.39 is 0 Å². The molecule has 1 aliphatic rings. The summed E-state index contributed by atoms with van der Waals surface area (Å²) in [6, 6.07) is 8.81. The molecule has 2 rings (SSSR count). The van der Waals surface area contributed by atoms with E-state index in [2.05, 4.69) is 57.4 Å². The smallest absolute Gasteiger partial charge is 0.0967 e. The molecule has 17 heavy (non-hydrogen) atoms. The number of hydrogen-bond donors (Lipinski definition) is 1. The van der Waals surface area contributed by atoms with Crippen LogP contribution in [0.5, 0.6) is 0 Å². The van der Waals surface area contributed by atoms with Crippen molar-refractivity contribution in [1.82, 2.24) is 5.32 Å². The number of hydrogen-bond acceptors (Lipinski definition) is 2. The van der Waals surface area contributed by atoms with Crippen LogP contribution >= 0.6 is 15.9 Å². The number of benzene rings is 1. The van der Waals surface area contributed by atoms with Gasteiger partial charge in [-0.25, -0.2) is 0 Å². The molecule has 0 saturated carbocycles. The summed E-state index contributed by atoms with van der Waals surface area (Å²) in [4.78, 5) is 4.60. The molecule has 3 heteroatoms. The second-order valence-electron chi connectivity index (χ2n) is 4.56. The van der Waals surface area contributed by atoms with E-state index in [1.807, 2.05) is 0 Å². The lowest BCUT2D eigenvalue weighted by Crippen LogP contribution is -2.26. The maximum Gasteiger partial charge on any atom is 0.0967 e. The summed E-state index contributed by atoms with van der Waals surface area (Å²) in [5.74, 6) is 1.18. The van der Waals surface area contributed by atoms with Crippen molar-refractivity contribution in [3.63, 3.8) is 0 Å². The lowest BCUT2D eigenvalue weighted by atomic mass is 10.1. The van der Waals surface area contributed by atoms with Crippen molar-refractivity contribution in [2.24, 2.45) is 4.99 Å². The zero-order valence-corrected chi connectivity index (χ0v) is 11.8. The molecule has 0 fully saturated rings. The third-order valence-electron chi connectivity index (χ3n) is 3.13. The first kappa shape index (κ1) is 12.6. The molecule has 0 amide bonds. The van der Waals surface area contributed by atoms with Crippen LogP contribution in [0, 0.1) is 0 Å². The second kappa shape index (κ2) is 6.20. The second-order valence-corrected chi connectivity index (χ2v) is 5.47. The number of halogens is 1. The van der Waals surface area contributed by atoms with Crippen molar-refractivity contribution in [3.8, 4) is 0 Å². The molecule has 0 unspecified atom stereocenters. The van der Waals surface area contributed by atoms with Gasteiger partial charge >= 0.3 is 0 Å². The lowest BCUT2D eigenvalue weighted by molar-refractivity contribution is 0.693. The van der Waals surface area contributed by atoms with Crippen LogP contribution in [0.25, 0.3) is 0 Å². The third-order valence-corrected chi connectivity index (χ3v) is 3.66. The normalized spacial score (nSPS) is 18.1. The molecule has 1 aromatic carbocycles. The first-order chi connectivity index (χ1) is 8.25. The van der Waals surface area contributed by atoms with E-state index in [9.17, 15) is 0 Å². The number of aliphatic imine (C=N–C) groups is 1. The zero-order chi connectivity index (χ0) is 12.1. The Bertz CT molecular complexity index is 384. The predicted molar refractivity (Wildman–Crippen MR) is 76.5 cm³/mol. The van der Waals surface area contributed by atoms with Crippen molar-refractivity contribution in [1.29, 1.82) is 0 Å². The summed E-state index contributed by atoms with van der Waals surface area (Å²) < 4.78 is 1.13. The van der Waals surface area contributed by atoms with Crippen LogP contribution in [-0.4, -0.2) is 12.4 Å². The summed E-state index contributed by atoms with van der Waals surface area (Å²) in [6.07, 6.45) is 4.90. The van der Waals surface area contributed by atoms with Crippen LogP contribution in [0.15, 0.2) is 33.7 Å². The predicted octanol–water partition coefficient (Wildman–Crippen LogP) is 4.07. The van der Waals surface area contributed by atoms with Gasteiger partial charge < -0.3 is 5.32 Å². The quantitative estimate of drug-likeness (QED) is 0.873. The van der Waals surface area contributed by atoms with Gasteiger partial charge in [0.1, 0.15) is 0 Å². The van der Waals surface area contributed by atoms with E-state index in [4.69, 9.17) is 0 Å². The fourth-order valence-electron chi connectivity index (χ4n) is 2.08. The summed E-state index contributed by atoms with van der Waals surface area (Å²) in [7, 11) is 0. The maximum atomic E-state index is 4.60. The molecule has 0 aliphatic carbocycles. The highest BCUT2D eigenvalue weighted by Crippen LogP contribution is 2.17. The average molecular weight is 295 g/mol. The lowest BCUT2D eigenvalue weighted by Gasteiger charge is -2.17. The Kier molecular flexibility index (Phi) is 4.60. The Morgan fingerprint density at radius 2 is 1.94 bits per heavy atom. The van der Waals surface area contributed by atoms with Crippen LogP contribution in [0.4, 0.5) is 0 Å². The Labute approximate surface area is 112 Å². The molecule has 0 saturated heterocycles. The fourth-order valence-corrected chi connectivity index (χ4v) is 2.34. The Balaban J connectivity index is 1.98. The molecule has 0 radical (unpaired) electrons. The van der Waals surface area contributed by atoms with Gasteiger partial charge in [-0.1, -0.05) is 34.5 Å². The van der Waals surface area contributed by atoms with Crippen LogP contribution in [0.1, 0.15) is 44.2 Å². The minimum Gasteiger partial charge on any atom is -0.367 e. The van der Waals surface area contributed by atoms with E-state index in [0.29, 0.717) is 6.04 Å². The van der Waals surface area contributed by atoms with Gasteiger partial charge in [-0.2, -0.15) is 0 Å². The molecular weight excluding hydrogens is 276 g/mol. The van der Waals surface area contributed by atoms with Gasteiger partial charge in [0.25, 0.3) is 0 Å². The molecule has 0 spiro atoms. The molecule has 0 aromatic heterocycles. The fraction of sp³-hybridized carbons (Fsp3) is 0.500. The minimum atomic E-state index is 0.333. The van der Waals surface area contributed by atoms with Gasteiger partial charge in [0.05, 0.1) is 5.84 Å². The van der Waals surface area contributed by atoms with Gasteiger partial charge in [-0.05, 0) is 37.5 Å². The molecule has 1 aromatic rings. The molecular formula is C14H19BrN2. The standard InChI is InChI=1S/C14H19BrN2/c1-11(12-6-8-13(15)9-7-12)17-14-5-3-2-4-10-16-14/h6-9,11H,2-5,10H2,1H3,(H,16,17)/t11-/m0/s1. The van der Waals surface area contributed by atoms with Crippen molar-refractivity contribution < 1.29 is 0 Å². The summed E-state index contributed by atoms with van der Waals surface area (Å²) in [5, 5.41) is 3.53. The first-order valence-corrected chi connectivity index (χ1v) is 7.10. The molecule has 1 N–H and O–H groups in total. The highest BCUT2D eigenvalue weighted by atomic mass is 79.9. The summed E-state index contributed by atoms with van der Waals surface area (Å²) in [5.41, 5.74) is 1.31. The Morgan fingerprint density at radius 3 is 2.71 bits per heavy atom. The largest absolute Gasteiger partial charge is 0.367 e. The summed E-state index contributed by atoms with van der Waals surface area (Å²) in [6.45, 7) is 3.17. The van der Waals surface area contributed by atoms with Gasteiger partial charge in [-0.15, -0.1) is 0 Å². The van der Waals surface area contributed by atoms with Gasteiger partial charge in [0, 0.05) is 23.5 Å². The number of amidine groups is 1. The molecule has 1 heterocycles. The Morgan fingerprint density at radius 1 is 1.18 bits per heavy atom. The van der Waals surface area contributed by atoms with Crippen LogP contribution in [-0.2, 0) is 0 Å². The number of nitrogens with one attached hydrogen (secondary N) is 1. The highest BCUT2D eigenvalue weighted by Gasteiger charge is 2.09. The topological polar surface area (TPSA) is 24.4 Å². The molecule has 92 valence electrons. The van der Waals surface area contributed by atoms with Crippen molar-refractivity contribution in [2.45, 2.75) is 38.6 Å². The van der Waals surface area contributed by atoms with E-state index in [1.54, 1.807) is 0 Å². The Hall–Kier alpha value is -0.830. The maximum absolute atomic E-state index is 4.60. The van der Waals surface area contributed by atoms with Gasteiger partial charge in [-0.3, -0.25) is 4.99 Å². The van der Waals surface area contributed by atoms with E-state index in [1.165, 1.54) is 30.7 Å². The van der Waals surface area contributed by atoms with E-state index in [0.717, 1.165) is 17.4 Å². The monoisotopic (exact) mass is 294 g/mol. The van der Waals surface area contributed by atoms with Crippen molar-refractivity contribution in [2.75, 3.05) is 6.54 Å². The molecule has 1 atom stereocenters. The first-order valence-electron chi connectivity index (χ1n) is 6.31. The molecule has 1 aliphatic heterocycles. The van der Waals surface area contributed by atoms with Crippen LogP contribution < -0.4 is 5.32 Å². The minimum absolute atomic E-state index is 0.333. The van der Waals surface area contributed by atoms with Crippen LogP contribution in [0.2, 0.25) is 0 Å².